The van der Waals surface area contributed by atoms with Gasteiger partial charge in [0.05, 0.1) is 5.69 Å². The summed E-state index contributed by atoms with van der Waals surface area (Å²) in [5, 5.41) is 8.48. The van der Waals surface area contributed by atoms with Gasteiger partial charge in [-0.1, -0.05) is 6.07 Å². The lowest BCUT2D eigenvalue weighted by Gasteiger charge is -2.28. The van der Waals surface area contributed by atoms with E-state index in [-0.39, 0.29) is 12.0 Å². The molecule has 0 amide bonds. The van der Waals surface area contributed by atoms with Gasteiger partial charge in [0.25, 0.3) is 0 Å². The minimum absolute atomic E-state index is 0.122. The van der Waals surface area contributed by atoms with E-state index in [2.05, 4.69) is 15.2 Å². The van der Waals surface area contributed by atoms with E-state index >= 15 is 0 Å². The van der Waals surface area contributed by atoms with Gasteiger partial charge < -0.3 is 4.74 Å². The lowest BCUT2D eigenvalue weighted by Crippen LogP contribution is -2.25. The fraction of sp³-hybridized carbons (Fsp3) is 0.350. The molecule has 0 bridgehead atoms. The van der Waals surface area contributed by atoms with Gasteiger partial charge in [0, 0.05) is 24.2 Å². The van der Waals surface area contributed by atoms with Crippen LogP contribution in [-0.4, -0.2) is 25.9 Å². The molecule has 1 aliphatic rings. The van der Waals surface area contributed by atoms with Gasteiger partial charge in [-0.2, -0.15) is 0 Å². The monoisotopic (exact) mass is 370 g/mol. The van der Waals surface area contributed by atoms with E-state index in [9.17, 15) is 8.78 Å². The van der Waals surface area contributed by atoms with Gasteiger partial charge in [0.1, 0.15) is 17.8 Å². The number of rotatable bonds is 4. The maximum atomic E-state index is 13.7. The number of halogens is 2. The fourth-order valence-electron chi connectivity index (χ4n) is 3.61. The second-order valence-electron chi connectivity index (χ2n) is 6.80. The third-order valence-electron chi connectivity index (χ3n) is 4.98. The molecule has 2 heterocycles. The third kappa shape index (κ3) is 3.67. The Bertz CT molecular complexity index is 921. The largest absolute Gasteiger partial charge is 0.474 e. The summed E-state index contributed by atoms with van der Waals surface area (Å²) in [6, 6.07) is 9.48. The Balaban J connectivity index is 1.50. The van der Waals surface area contributed by atoms with Gasteiger partial charge in [0.2, 0.25) is 5.88 Å². The zero-order valence-corrected chi connectivity index (χ0v) is 15.0. The molecule has 5 nitrogen and oxygen atoms in total. The minimum Gasteiger partial charge on any atom is -0.474 e. The second-order valence-corrected chi connectivity index (χ2v) is 6.80. The van der Waals surface area contributed by atoms with Crippen LogP contribution in [0.15, 0.2) is 42.6 Å². The van der Waals surface area contributed by atoms with Crippen LogP contribution >= 0.6 is 0 Å². The van der Waals surface area contributed by atoms with Crippen LogP contribution < -0.4 is 4.74 Å². The summed E-state index contributed by atoms with van der Waals surface area (Å²) in [4.78, 5) is 4.21. The Hall–Kier alpha value is -2.83. The first-order chi connectivity index (χ1) is 13.1. The number of hydrogen-bond donors (Lipinski definition) is 0. The van der Waals surface area contributed by atoms with E-state index in [1.165, 1.54) is 6.07 Å². The Morgan fingerprint density at radius 1 is 1.00 bits per heavy atom. The molecule has 0 atom stereocenters. The van der Waals surface area contributed by atoms with Crippen molar-refractivity contribution in [2.75, 3.05) is 0 Å². The summed E-state index contributed by atoms with van der Waals surface area (Å²) in [5.74, 6) is 0.541. The van der Waals surface area contributed by atoms with Crippen LogP contribution in [-0.2, 0) is 0 Å². The summed E-state index contributed by atoms with van der Waals surface area (Å²) in [6.07, 6.45) is 5.37. The van der Waals surface area contributed by atoms with Crippen molar-refractivity contribution in [1.82, 2.24) is 19.7 Å². The van der Waals surface area contributed by atoms with Gasteiger partial charge in [-0.3, -0.25) is 4.57 Å². The fourth-order valence-corrected chi connectivity index (χ4v) is 3.61. The molecule has 4 rings (SSSR count). The molecular weight excluding hydrogens is 350 g/mol. The maximum absolute atomic E-state index is 13.7. The van der Waals surface area contributed by atoms with Crippen molar-refractivity contribution in [2.24, 2.45) is 0 Å². The molecule has 0 aliphatic heterocycles. The second kappa shape index (κ2) is 7.42. The number of nitrogens with zero attached hydrogens (tertiary/aromatic N) is 4. The third-order valence-corrected chi connectivity index (χ3v) is 4.98. The van der Waals surface area contributed by atoms with Crippen molar-refractivity contribution >= 4 is 0 Å². The molecule has 140 valence electrons. The topological polar surface area (TPSA) is 52.8 Å². The number of benzene rings is 1. The van der Waals surface area contributed by atoms with Crippen LogP contribution in [0.3, 0.4) is 0 Å². The van der Waals surface area contributed by atoms with Crippen LogP contribution in [0.5, 0.6) is 5.88 Å². The average molecular weight is 370 g/mol. The summed E-state index contributed by atoms with van der Waals surface area (Å²) in [6.45, 7) is 1.81. The number of aryl methyl sites for hydroxylation is 1. The predicted octanol–water partition coefficient (Wildman–Crippen LogP) is 4.35. The molecule has 1 fully saturated rings. The van der Waals surface area contributed by atoms with Crippen molar-refractivity contribution in [1.29, 1.82) is 0 Å². The van der Waals surface area contributed by atoms with Crippen LogP contribution in [0, 0.1) is 18.6 Å². The van der Waals surface area contributed by atoms with Crippen molar-refractivity contribution in [3.8, 4) is 11.6 Å². The smallest absolute Gasteiger partial charge is 0.213 e. The minimum atomic E-state index is -0.876. The highest BCUT2D eigenvalue weighted by molar-refractivity contribution is 5.35. The zero-order valence-electron chi connectivity index (χ0n) is 15.0. The van der Waals surface area contributed by atoms with Gasteiger partial charge in [-0.15, -0.1) is 10.2 Å². The summed E-state index contributed by atoms with van der Waals surface area (Å²) in [5.41, 5.74) is 0.540. The molecular formula is C20H20F2N4O. The average Bonchev–Trinajstić information content (AvgIpc) is 3.07. The SMILES string of the molecule is Cc1nnc(C2CCC(Oc3ccccn3)CC2)n1-c1ccc(F)c(F)c1. The Morgan fingerprint density at radius 2 is 1.81 bits per heavy atom. The first-order valence-corrected chi connectivity index (χ1v) is 9.07. The van der Waals surface area contributed by atoms with E-state index in [0.717, 1.165) is 37.6 Å². The molecule has 1 aliphatic carbocycles. The highest BCUT2D eigenvalue weighted by Crippen LogP contribution is 2.34. The molecule has 0 unspecified atom stereocenters. The molecule has 0 N–H and O–H groups in total. The highest BCUT2D eigenvalue weighted by Gasteiger charge is 2.28. The van der Waals surface area contributed by atoms with Crippen molar-refractivity contribution in [3.63, 3.8) is 0 Å². The lowest BCUT2D eigenvalue weighted by molar-refractivity contribution is 0.139. The van der Waals surface area contributed by atoms with Gasteiger partial charge in [-0.25, -0.2) is 13.8 Å². The number of ether oxygens (including phenoxy) is 1. The molecule has 0 saturated heterocycles. The molecule has 1 saturated carbocycles. The van der Waals surface area contributed by atoms with Crippen LogP contribution in [0.4, 0.5) is 8.78 Å². The van der Waals surface area contributed by atoms with Gasteiger partial charge in [-0.05, 0) is 50.8 Å². The quantitative estimate of drug-likeness (QED) is 0.685. The Labute approximate surface area is 156 Å². The molecule has 2 aromatic heterocycles. The van der Waals surface area contributed by atoms with E-state index < -0.39 is 11.6 Å². The van der Waals surface area contributed by atoms with Crippen molar-refractivity contribution < 1.29 is 13.5 Å². The Morgan fingerprint density at radius 3 is 2.52 bits per heavy atom. The summed E-state index contributed by atoms with van der Waals surface area (Å²) in [7, 11) is 0. The molecule has 0 spiro atoms. The number of pyridine rings is 1. The molecule has 7 heteroatoms. The molecule has 27 heavy (non-hydrogen) atoms. The van der Waals surface area contributed by atoms with Gasteiger partial charge in [0.15, 0.2) is 11.6 Å². The highest BCUT2D eigenvalue weighted by atomic mass is 19.2. The first-order valence-electron chi connectivity index (χ1n) is 9.07. The molecule has 1 aromatic carbocycles. The lowest BCUT2D eigenvalue weighted by atomic mass is 9.86. The molecule has 3 aromatic rings. The Kier molecular flexibility index (Phi) is 4.83. The summed E-state index contributed by atoms with van der Waals surface area (Å²) >= 11 is 0. The van der Waals surface area contributed by atoms with E-state index in [4.69, 9.17) is 4.74 Å². The maximum Gasteiger partial charge on any atom is 0.213 e. The number of aromatic nitrogens is 4. The van der Waals surface area contributed by atoms with E-state index in [0.29, 0.717) is 17.4 Å². The summed E-state index contributed by atoms with van der Waals surface area (Å²) < 4.78 is 34.7. The van der Waals surface area contributed by atoms with Crippen LogP contribution in [0.2, 0.25) is 0 Å². The van der Waals surface area contributed by atoms with Crippen molar-refractivity contribution in [3.05, 3.63) is 65.9 Å². The molecule has 0 radical (unpaired) electrons. The van der Waals surface area contributed by atoms with Crippen LogP contribution in [0.1, 0.15) is 43.3 Å². The standard InChI is InChI=1S/C20H20F2N4O/c1-13-24-25-20(26(13)15-7-10-17(21)18(22)12-15)14-5-8-16(9-6-14)27-19-4-2-3-11-23-19/h2-4,7,10-12,14,16H,5-6,8-9H2,1H3. The normalized spacial score (nSPS) is 19.8. The first kappa shape index (κ1) is 17.6. The predicted molar refractivity (Wildman–Crippen MR) is 95.9 cm³/mol. The zero-order chi connectivity index (χ0) is 18.8. The van der Waals surface area contributed by atoms with Gasteiger partial charge >= 0.3 is 0 Å². The van der Waals surface area contributed by atoms with E-state index in [1.807, 2.05) is 29.7 Å². The van der Waals surface area contributed by atoms with Crippen molar-refractivity contribution in [2.45, 2.75) is 44.6 Å². The van der Waals surface area contributed by atoms with E-state index in [1.54, 1.807) is 12.3 Å². The number of hydrogen-bond acceptors (Lipinski definition) is 4. The van der Waals surface area contributed by atoms with Crippen LogP contribution in [0.25, 0.3) is 5.69 Å².